The SMILES string of the molecule is CCn1cc(C(=O)O)c(=O)c2cc(F)c(N3CCN(CP(=[Se])(c4ccccc4)c4ccccc4)CC3)cc21. The maximum atomic E-state index is 15.3. The molecule has 1 aromatic heterocycles. The molecule has 0 bridgehead atoms. The van der Waals surface area contributed by atoms with E-state index in [4.69, 9.17) is 0 Å². The van der Waals surface area contributed by atoms with Gasteiger partial charge in [0, 0.05) is 0 Å². The van der Waals surface area contributed by atoms with Gasteiger partial charge in [-0.05, 0) is 0 Å². The van der Waals surface area contributed by atoms with E-state index in [0.29, 0.717) is 30.8 Å². The van der Waals surface area contributed by atoms with Crippen LogP contribution >= 0.6 is 5.51 Å². The zero-order valence-corrected chi connectivity index (χ0v) is 23.7. The van der Waals surface area contributed by atoms with Gasteiger partial charge in [0.1, 0.15) is 0 Å². The van der Waals surface area contributed by atoms with Crippen molar-refractivity contribution in [2.75, 3.05) is 37.4 Å². The van der Waals surface area contributed by atoms with Gasteiger partial charge in [-0.3, -0.25) is 0 Å². The number of aromatic carboxylic acids is 1. The monoisotopic (exact) mass is 597 g/mol. The van der Waals surface area contributed by atoms with Crippen molar-refractivity contribution in [3.05, 3.63) is 101 Å². The van der Waals surface area contributed by atoms with E-state index in [1.807, 2.05) is 24.0 Å². The zero-order valence-electron chi connectivity index (χ0n) is 21.1. The third-order valence-electron chi connectivity index (χ3n) is 7.18. The molecule has 6 nitrogen and oxygen atoms in total. The Kier molecular flexibility index (Phi) is 7.69. The minimum atomic E-state index is -1.78. The van der Waals surface area contributed by atoms with Crippen LogP contribution in [0.15, 0.2) is 83.8 Å². The molecule has 0 unspecified atom stereocenters. The van der Waals surface area contributed by atoms with Gasteiger partial charge >= 0.3 is 219 Å². The fraction of sp³-hybridized carbons (Fsp3) is 0.241. The summed E-state index contributed by atoms with van der Waals surface area (Å²) in [7, 11) is 0. The molecule has 9 heteroatoms. The van der Waals surface area contributed by atoms with Gasteiger partial charge in [0.05, 0.1) is 0 Å². The number of benzene rings is 3. The van der Waals surface area contributed by atoms with Gasteiger partial charge in [-0.1, -0.05) is 0 Å². The Labute approximate surface area is 228 Å². The van der Waals surface area contributed by atoms with Crippen LogP contribution in [0, 0.1) is 5.82 Å². The summed E-state index contributed by atoms with van der Waals surface area (Å²) in [5.41, 5.74) is -1.80. The van der Waals surface area contributed by atoms with Crippen LogP contribution in [0.5, 0.6) is 0 Å². The van der Waals surface area contributed by atoms with E-state index < -0.39 is 22.7 Å². The van der Waals surface area contributed by atoms with Crippen LogP contribution in [0.4, 0.5) is 10.1 Å². The molecule has 1 aliphatic heterocycles. The van der Waals surface area contributed by atoms with Crippen molar-refractivity contribution in [2.24, 2.45) is 0 Å². The third kappa shape index (κ3) is 5.02. The molecule has 4 aromatic rings. The van der Waals surface area contributed by atoms with Crippen molar-refractivity contribution in [3.8, 4) is 0 Å². The van der Waals surface area contributed by atoms with E-state index in [0.717, 1.165) is 19.4 Å². The Bertz CT molecular complexity index is 1540. The summed E-state index contributed by atoms with van der Waals surface area (Å²) in [5, 5.41) is 12.1. The first-order valence-corrected chi connectivity index (χ1v) is 16.8. The van der Waals surface area contributed by atoms with E-state index >= 15 is 4.39 Å². The number of carboxylic acid groups (broad SMARTS) is 1. The van der Waals surface area contributed by atoms with Crippen molar-refractivity contribution in [2.45, 2.75) is 13.5 Å². The van der Waals surface area contributed by atoms with Crippen LogP contribution in [-0.4, -0.2) is 68.1 Å². The molecular weight excluding hydrogens is 567 g/mol. The number of rotatable bonds is 7. The van der Waals surface area contributed by atoms with Gasteiger partial charge < -0.3 is 5.11 Å². The number of carboxylic acids is 1. The Hall–Kier alpha value is -3.02. The number of piperazine rings is 1. The molecule has 0 amide bonds. The van der Waals surface area contributed by atoms with Crippen LogP contribution in [0.25, 0.3) is 10.9 Å². The molecule has 1 fully saturated rings. The molecule has 1 aliphatic rings. The average molecular weight is 597 g/mol. The summed E-state index contributed by atoms with van der Waals surface area (Å²) in [6, 6.07) is 24.1. The Balaban J connectivity index is 1.40. The first-order valence-electron chi connectivity index (χ1n) is 12.6. The average Bonchev–Trinajstić information content (AvgIpc) is 2.94. The van der Waals surface area contributed by atoms with Crippen LogP contribution in [0.2, 0.25) is 0 Å². The second-order valence-corrected chi connectivity index (χ2v) is 16.2. The summed E-state index contributed by atoms with van der Waals surface area (Å²) < 4.78 is 17.0. The van der Waals surface area contributed by atoms with Crippen LogP contribution in [-0.2, 0) is 6.54 Å². The summed E-state index contributed by atoms with van der Waals surface area (Å²) in [5.74, 6) is -1.81. The first-order chi connectivity index (χ1) is 18.3. The van der Waals surface area contributed by atoms with E-state index in [1.54, 1.807) is 10.6 Å². The van der Waals surface area contributed by atoms with Crippen molar-refractivity contribution in [1.82, 2.24) is 9.47 Å². The van der Waals surface area contributed by atoms with Gasteiger partial charge in [0.15, 0.2) is 0 Å². The van der Waals surface area contributed by atoms with E-state index in [-0.39, 0.29) is 10.9 Å². The number of fused-ring (bicyclic) bond motifs is 1. The van der Waals surface area contributed by atoms with Gasteiger partial charge in [-0.15, -0.1) is 0 Å². The second kappa shape index (κ2) is 11.0. The second-order valence-electron chi connectivity index (χ2n) is 9.44. The van der Waals surface area contributed by atoms with E-state index in [9.17, 15) is 14.7 Å². The van der Waals surface area contributed by atoms with Gasteiger partial charge in [-0.2, -0.15) is 0 Å². The van der Waals surface area contributed by atoms with Crippen molar-refractivity contribution in [3.63, 3.8) is 0 Å². The van der Waals surface area contributed by atoms with Crippen LogP contribution in [0.3, 0.4) is 0 Å². The molecule has 0 atom stereocenters. The number of halogens is 1. The van der Waals surface area contributed by atoms with Crippen molar-refractivity contribution in [1.29, 1.82) is 0 Å². The fourth-order valence-corrected chi connectivity index (χ4v) is 10.5. The third-order valence-corrected chi connectivity index (χ3v) is 13.6. The summed E-state index contributed by atoms with van der Waals surface area (Å²) >= 11 is 3.59. The predicted octanol–water partition coefficient (Wildman–Crippen LogP) is 3.69. The van der Waals surface area contributed by atoms with E-state index in [1.165, 1.54) is 22.9 Å². The molecule has 196 valence electrons. The Morgan fingerprint density at radius 3 is 2.08 bits per heavy atom. The minimum absolute atomic E-state index is 0.0912. The standard InChI is InChI=1S/C29H29FN3O3PSe/c1-2-32-19-24(29(35)36)28(34)23-17-25(30)27(18-26(23)32)33-15-13-31(14-16-33)20-37(38,21-9-5-3-6-10-21)22-11-7-4-8-12-22/h3-12,17-19H,2,13-16,20H2,1H3,(H,35,36). The molecule has 3 aromatic carbocycles. The van der Waals surface area contributed by atoms with Crippen molar-refractivity contribution < 1.29 is 14.3 Å². The maximum absolute atomic E-state index is 15.3. The van der Waals surface area contributed by atoms with Gasteiger partial charge in [0.25, 0.3) is 0 Å². The number of anilines is 1. The molecule has 1 saturated heterocycles. The number of carbonyl (C=O) groups is 1. The molecular formula is C29H29FN3O3PSe. The number of aryl methyl sites for hydroxylation is 1. The normalized spacial score (nSPS) is 14.6. The molecule has 5 rings (SSSR count). The quantitative estimate of drug-likeness (QED) is 0.261. The van der Waals surface area contributed by atoms with Gasteiger partial charge in [0.2, 0.25) is 0 Å². The molecule has 0 radical (unpaired) electrons. The number of hydrogen-bond acceptors (Lipinski definition) is 4. The number of pyridine rings is 1. The molecule has 0 aliphatic carbocycles. The summed E-state index contributed by atoms with van der Waals surface area (Å²) in [6.07, 6.45) is 2.24. The topological polar surface area (TPSA) is 65.8 Å². The Morgan fingerprint density at radius 1 is 0.974 bits per heavy atom. The zero-order chi connectivity index (χ0) is 26.9. The number of nitrogens with zero attached hydrogens (tertiary/aromatic N) is 3. The molecule has 38 heavy (non-hydrogen) atoms. The number of hydrogen-bond donors (Lipinski definition) is 1. The molecule has 0 saturated carbocycles. The Morgan fingerprint density at radius 2 is 1.55 bits per heavy atom. The fourth-order valence-electron chi connectivity index (χ4n) is 5.12. The predicted molar refractivity (Wildman–Crippen MR) is 154 cm³/mol. The van der Waals surface area contributed by atoms with Crippen molar-refractivity contribution >= 4 is 53.8 Å². The molecule has 0 spiro atoms. The molecule has 2 heterocycles. The number of aromatic nitrogens is 1. The first kappa shape index (κ1) is 26.6. The summed E-state index contributed by atoms with van der Waals surface area (Å²) in [4.78, 5) is 28.7. The van der Waals surface area contributed by atoms with E-state index in [2.05, 4.69) is 68.5 Å². The summed E-state index contributed by atoms with van der Waals surface area (Å²) in [6.45, 7) is 5.19. The van der Waals surface area contributed by atoms with Gasteiger partial charge in [-0.25, -0.2) is 4.79 Å². The van der Waals surface area contributed by atoms with Crippen LogP contribution < -0.4 is 20.9 Å². The molecule has 1 N–H and O–H groups in total. The van der Waals surface area contributed by atoms with Crippen LogP contribution in [0.1, 0.15) is 17.3 Å².